The molecule has 16 heavy (non-hydrogen) atoms. The van der Waals surface area contributed by atoms with E-state index < -0.39 is 5.97 Å². The quantitative estimate of drug-likeness (QED) is 0.830. The van der Waals surface area contributed by atoms with Gasteiger partial charge in [-0.1, -0.05) is 0 Å². The highest BCUT2D eigenvalue weighted by atomic mass is 32.1. The van der Waals surface area contributed by atoms with Crippen molar-refractivity contribution in [3.05, 3.63) is 21.4 Å². The maximum absolute atomic E-state index is 10.8. The Morgan fingerprint density at radius 1 is 1.69 bits per heavy atom. The van der Waals surface area contributed by atoms with E-state index in [9.17, 15) is 4.79 Å². The van der Waals surface area contributed by atoms with Crippen LogP contribution in [0.3, 0.4) is 0 Å². The number of thiophene rings is 1. The van der Waals surface area contributed by atoms with Crippen LogP contribution in [0.25, 0.3) is 0 Å². The molecule has 1 saturated carbocycles. The van der Waals surface area contributed by atoms with Gasteiger partial charge >= 0.3 is 5.97 Å². The molecule has 2 N–H and O–H groups in total. The van der Waals surface area contributed by atoms with Gasteiger partial charge < -0.3 is 10.4 Å². The van der Waals surface area contributed by atoms with Crippen molar-refractivity contribution in [3.63, 3.8) is 0 Å². The zero-order valence-electron chi connectivity index (χ0n) is 9.62. The molecule has 0 spiro atoms. The summed E-state index contributed by atoms with van der Waals surface area (Å²) in [4.78, 5) is 12.4. The summed E-state index contributed by atoms with van der Waals surface area (Å²) in [7, 11) is 0. The Balaban J connectivity index is 1.95. The van der Waals surface area contributed by atoms with Crippen LogP contribution in [0.1, 0.15) is 39.9 Å². The minimum atomic E-state index is -0.824. The van der Waals surface area contributed by atoms with Crippen molar-refractivity contribution in [1.29, 1.82) is 0 Å². The third-order valence-corrected chi connectivity index (χ3v) is 4.26. The Labute approximate surface area is 99.5 Å². The molecule has 4 heteroatoms. The van der Waals surface area contributed by atoms with Gasteiger partial charge in [0.25, 0.3) is 0 Å². The van der Waals surface area contributed by atoms with E-state index in [-0.39, 0.29) is 0 Å². The van der Waals surface area contributed by atoms with Crippen LogP contribution in [0.5, 0.6) is 0 Å². The predicted octanol–water partition coefficient (Wildman–Crippen LogP) is 2.64. The van der Waals surface area contributed by atoms with E-state index >= 15 is 0 Å². The normalized spacial score (nSPS) is 17.4. The third kappa shape index (κ3) is 2.62. The Kier molecular flexibility index (Phi) is 3.30. The van der Waals surface area contributed by atoms with Gasteiger partial charge in [0, 0.05) is 17.5 Å². The number of aromatic carboxylic acids is 1. The summed E-state index contributed by atoms with van der Waals surface area (Å²) in [6.45, 7) is 4.97. The average molecular weight is 239 g/mol. The smallest absolute Gasteiger partial charge is 0.345 e. The topological polar surface area (TPSA) is 49.3 Å². The van der Waals surface area contributed by atoms with Crippen LogP contribution in [-0.2, 0) is 6.54 Å². The summed E-state index contributed by atoms with van der Waals surface area (Å²) in [5, 5.41) is 12.4. The van der Waals surface area contributed by atoms with Gasteiger partial charge in [-0.3, -0.25) is 0 Å². The van der Waals surface area contributed by atoms with Crippen molar-refractivity contribution in [2.75, 3.05) is 0 Å². The number of carbonyl (C=O) groups is 1. The summed E-state index contributed by atoms with van der Waals surface area (Å²) in [5.41, 5.74) is 1.12. The summed E-state index contributed by atoms with van der Waals surface area (Å²) in [6, 6.07) is 2.34. The van der Waals surface area contributed by atoms with Crippen molar-refractivity contribution in [2.45, 2.75) is 39.3 Å². The second-order valence-corrected chi connectivity index (χ2v) is 5.76. The van der Waals surface area contributed by atoms with Gasteiger partial charge in [0.1, 0.15) is 4.88 Å². The van der Waals surface area contributed by atoms with Crippen LogP contribution in [0.2, 0.25) is 0 Å². The number of aryl methyl sites for hydroxylation is 1. The number of carboxylic acid groups (broad SMARTS) is 1. The molecule has 3 nitrogen and oxygen atoms in total. The summed E-state index contributed by atoms with van der Waals surface area (Å²) in [5.74, 6) is 0.00692. The van der Waals surface area contributed by atoms with Crippen LogP contribution in [-0.4, -0.2) is 17.1 Å². The van der Waals surface area contributed by atoms with Crippen LogP contribution in [0.4, 0.5) is 0 Å². The molecule has 0 aromatic carbocycles. The molecule has 1 fully saturated rings. The third-order valence-electron chi connectivity index (χ3n) is 3.17. The molecule has 88 valence electrons. The zero-order chi connectivity index (χ0) is 11.7. The lowest BCUT2D eigenvalue weighted by Crippen LogP contribution is -2.27. The molecule has 0 aliphatic heterocycles. The van der Waals surface area contributed by atoms with Gasteiger partial charge in [-0.15, -0.1) is 11.3 Å². The minimum Gasteiger partial charge on any atom is -0.477 e. The average Bonchev–Trinajstić information content (AvgIpc) is 3.00. The van der Waals surface area contributed by atoms with Crippen molar-refractivity contribution in [2.24, 2.45) is 5.92 Å². The van der Waals surface area contributed by atoms with Gasteiger partial charge in [0.2, 0.25) is 0 Å². The lowest BCUT2D eigenvalue weighted by molar-refractivity contribution is 0.0702. The highest BCUT2D eigenvalue weighted by molar-refractivity contribution is 7.14. The Morgan fingerprint density at radius 3 is 2.88 bits per heavy atom. The fraction of sp³-hybridized carbons (Fsp3) is 0.583. The molecule has 1 heterocycles. The number of nitrogens with one attached hydrogen (secondary N) is 1. The van der Waals surface area contributed by atoms with Crippen molar-refractivity contribution in [3.8, 4) is 0 Å². The molecule has 1 aliphatic carbocycles. The molecule has 0 saturated heterocycles. The molecular formula is C12H17NO2S. The van der Waals surface area contributed by atoms with Crippen molar-refractivity contribution >= 4 is 17.3 Å². The number of carboxylic acids is 1. The maximum Gasteiger partial charge on any atom is 0.345 e. The summed E-state index contributed by atoms with van der Waals surface area (Å²) >= 11 is 1.36. The predicted molar refractivity (Wildman–Crippen MR) is 65.0 cm³/mol. The zero-order valence-corrected chi connectivity index (χ0v) is 10.4. The lowest BCUT2D eigenvalue weighted by atomic mass is 10.2. The fourth-order valence-electron chi connectivity index (χ4n) is 1.83. The molecule has 1 atom stereocenters. The van der Waals surface area contributed by atoms with Crippen molar-refractivity contribution < 1.29 is 9.90 Å². The molecule has 0 amide bonds. The largest absolute Gasteiger partial charge is 0.477 e. The molecule has 2 rings (SSSR count). The van der Waals surface area contributed by atoms with Crippen LogP contribution >= 0.6 is 11.3 Å². The highest BCUT2D eigenvalue weighted by Gasteiger charge is 2.27. The fourth-order valence-corrected chi connectivity index (χ4v) is 2.72. The van der Waals surface area contributed by atoms with Gasteiger partial charge in [-0.25, -0.2) is 4.79 Å². The van der Waals surface area contributed by atoms with Gasteiger partial charge in [0.15, 0.2) is 0 Å². The van der Waals surface area contributed by atoms with E-state index in [1.165, 1.54) is 24.2 Å². The SMILES string of the molecule is Cc1sc(C(=O)O)cc1CNC(C)C1CC1. The summed E-state index contributed by atoms with van der Waals surface area (Å²) in [6.07, 6.45) is 2.66. The second-order valence-electron chi connectivity index (χ2n) is 4.50. The molecule has 1 aliphatic rings. The first-order chi connectivity index (χ1) is 7.58. The molecule has 1 unspecified atom stereocenters. The van der Waals surface area contributed by atoms with Crippen LogP contribution in [0, 0.1) is 12.8 Å². The Bertz CT molecular complexity index is 396. The number of rotatable bonds is 5. The van der Waals surface area contributed by atoms with E-state index in [2.05, 4.69) is 12.2 Å². The molecule has 1 aromatic rings. The highest BCUT2D eigenvalue weighted by Crippen LogP contribution is 2.32. The minimum absolute atomic E-state index is 0.438. The number of hydrogen-bond acceptors (Lipinski definition) is 3. The molecule has 1 aromatic heterocycles. The first kappa shape index (κ1) is 11.6. The van der Waals surface area contributed by atoms with Gasteiger partial charge in [0.05, 0.1) is 0 Å². The number of hydrogen-bond donors (Lipinski definition) is 2. The standard InChI is InChI=1S/C12H17NO2S/c1-7(9-3-4-9)13-6-10-5-11(12(14)15)16-8(10)2/h5,7,9,13H,3-4,6H2,1-2H3,(H,14,15). The van der Waals surface area contributed by atoms with E-state index in [1.54, 1.807) is 6.07 Å². The van der Waals surface area contributed by atoms with Gasteiger partial charge in [-0.05, 0) is 44.2 Å². The van der Waals surface area contributed by atoms with Crippen LogP contribution < -0.4 is 5.32 Å². The molecule has 0 radical (unpaired) electrons. The molecule has 0 bridgehead atoms. The van der Waals surface area contributed by atoms with Crippen LogP contribution in [0.15, 0.2) is 6.07 Å². The molecular weight excluding hydrogens is 222 g/mol. The monoisotopic (exact) mass is 239 g/mol. The van der Waals surface area contributed by atoms with Gasteiger partial charge in [-0.2, -0.15) is 0 Å². The second kappa shape index (κ2) is 4.55. The maximum atomic E-state index is 10.8. The van der Waals surface area contributed by atoms with E-state index in [0.717, 1.165) is 22.9 Å². The van der Waals surface area contributed by atoms with E-state index in [4.69, 9.17) is 5.11 Å². The summed E-state index contributed by atoms with van der Waals surface area (Å²) < 4.78 is 0. The van der Waals surface area contributed by atoms with E-state index in [1.807, 2.05) is 6.92 Å². The first-order valence-corrected chi connectivity index (χ1v) is 6.45. The lowest BCUT2D eigenvalue weighted by Gasteiger charge is -2.11. The Hall–Kier alpha value is -0.870. The Morgan fingerprint density at radius 2 is 2.38 bits per heavy atom. The first-order valence-electron chi connectivity index (χ1n) is 5.64. The van der Waals surface area contributed by atoms with E-state index in [0.29, 0.717) is 10.9 Å². The van der Waals surface area contributed by atoms with Crippen molar-refractivity contribution in [1.82, 2.24) is 5.32 Å².